The number of ether oxygens (including phenoxy) is 2. The average molecular weight is 533 g/mol. The van der Waals surface area contributed by atoms with Gasteiger partial charge < -0.3 is 9.47 Å². The molecule has 2 saturated heterocycles. The summed E-state index contributed by atoms with van der Waals surface area (Å²) < 4.78 is 12.0. The normalized spacial score (nSPS) is 16.7. The maximum atomic E-state index is 12.9. The zero-order chi connectivity index (χ0) is 23.1. The van der Waals surface area contributed by atoms with Gasteiger partial charge in [-0.05, 0) is 70.4 Å². The quantitative estimate of drug-likeness (QED) is 0.284. The highest BCUT2D eigenvalue weighted by atomic mass is 35.5. The summed E-state index contributed by atoms with van der Waals surface area (Å²) in [6.07, 6.45) is 13.1. The van der Waals surface area contributed by atoms with Crippen molar-refractivity contribution >= 4 is 36.6 Å². The lowest BCUT2D eigenvalue weighted by atomic mass is 10.1. The van der Waals surface area contributed by atoms with Gasteiger partial charge in [-0.1, -0.05) is 57.6 Å². The minimum absolute atomic E-state index is 0. The zero-order valence-corrected chi connectivity index (χ0v) is 23.2. The third-order valence-corrected chi connectivity index (χ3v) is 6.72. The molecule has 202 valence electrons. The first-order chi connectivity index (χ1) is 16.2. The van der Waals surface area contributed by atoms with Crippen molar-refractivity contribution in [2.24, 2.45) is 0 Å². The minimum atomic E-state index is -0.381. The van der Waals surface area contributed by atoms with Crippen molar-refractivity contribution in [2.75, 3.05) is 51.2 Å². The minimum Gasteiger partial charge on any atom is -0.491 e. The Morgan fingerprint density at radius 2 is 1.43 bits per heavy atom. The molecular weight excluding hydrogens is 485 g/mol. The molecule has 0 aromatic heterocycles. The summed E-state index contributed by atoms with van der Waals surface area (Å²) in [7, 11) is 0. The second kappa shape index (κ2) is 19.0. The van der Waals surface area contributed by atoms with E-state index in [9.17, 15) is 4.79 Å². The number of benzene rings is 1. The maximum Gasteiger partial charge on any atom is 0.412 e. The van der Waals surface area contributed by atoms with Crippen LogP contribution >= 0.6 is 24.8 Å². The van der Waals surface area contributed by atoms with Crippen LogP contribution in [0.5, 0.6) is 5.75 Å². The second-order valence-corrected chi connectivity index (χ2v) is 9.63. The van der Waals surface area contributed by atoms with Crippen molar-refractivity contribution in [3.8, 4) is 5.75 Å². The van der Waals surface area contributed by atoms with Crippen LogP contribution < -0.4 is 10.1 Å². The highest BCUT2D eigenvalue weighted by molar-refractivity contribution is 5.86. The van der Waals surface area contributed by atoms with Crippen LogP contribution in [0.25, 0.3) is 0 Å². The third-order valence-electron chi connectivity index (χ3n) is 6.72. The molecule has 2 fully saturated rings. The summed E-state index contributed by atoms with van der Waals surface area (Å²) in [5.41, 5.74) is 0.686. The Bertz CT molecular complexity index is 663. The molecule has 2 aliphatic rings. The highest BCUT2D eigenvalue weighted by Crippen LogP contribution is 2.24. The number of halogens is 2. The van der Waals surface area contributed by atoms with Crippen molar-refractivity contribution in [3.63, 3.8) is 0 Å². The molecule has 0 bridgehead atoms. The molecule has 1 amide bonds. The number of carbonyl (C=O) groups excluding carboxylic acids is 1. The molecule has 2 aliphatic heterocycles. The van der Waals surface area contributed by atoms with E-state index in [2.05, 4.69) is 22.0 Å². The first kappa shape index (κ1) is 31.8. The number of para-hydroxylation sites is 2. The fraction of sp³-hybridized carbons (Fsp3) is 0.741. The number of carbonyl (C=O) groups is 1. The molecular formula is C27H47Cl2N3O3. The molecule has 35 heavy (non-hydrogen) atoms. The van der Waals surface area contributed by atoms with Gasteiger partial charge in [0.05, 0.1) is 12.3 Å². The Labute approximate surface area is 225 Å². The molecule has 1 aromatic carbocycles. The predicted octanol–water partition coefficient (Wildman–Crippen LogP) is 6.77. The van der Waals surface area contributed by atoms with Crippen molar-refractivity contribution in [3.05, 3.63) is 24.3 Å². The summed E-state index contributed by atoms with van der Waals surface area (Å²) in [5, 5.41) is 2.95. The lowest BCUT2D eigenvalue weighted by Crippen LogP contribution is -2.46. The Morgan fingerprint density at radius 1 is 0.857 bits per heavy atom. The first-order valence-electron chi connectivity index (χ1n) is 13.4. The smallest absolute Gasteiger partial charge is 0.412 e. The van der Waals surface area contributed by atoms with E-state index in [1.54, 1.807) is 0 Å². The molecule has 3 rings (SSSR count). The number of hydrogen-bond acceptors (Lipinski definition) is 5. The summed E-state index contributed by atoms with van der Waals surface area (Å²) >= 11 is 0. The first-order valence-corrected chi connectivity index (χ1v) is 13.4. The van der Waals surface area contributed by atoms with Gasteiger partial charge >= 0.3 is 6.09 Å². The van der Waals surface area contributed by atoms with Gasteiger partial charge in [0.15, 0.2) is 0 Å². The van der Waals surface area contributed by atoms with E-state index in [4.69, 9.17) is 9.47 Å². The van der Waals surface area contributed by atoms with Crippen molar-refractivity contribution in [1.29, 1.82) is 0 Å². The number of nitrogens with one attached hydrogen (secondary N) is 1. The SMILES string of the molecule is CCCCCCCOc1ccccc1NC(=O)OC(CN1CCCCC1)CN1CCCCC1.Cl.Cl. The molecule has 0 spiro atoms. The van der Waals surface area contributed by atoms with Crippen molar-refractivity contribution in [1.82, 2.24) is 9.80 Å². The molecule has 0 aliphatic carbocycles. The van der Waals surface area contributed by atoms with Gasteiger partial charge in [-0.15, -0.1) is 24.8 Å². The molecule has 0 atom stereocenters. The van der Waals surface area contributed by atoms with Gasteiger partial charge in [0.25, 0.3) is 0 Å². The number of anilines is 1. The summed E-state index contributed by atoms with van der Waals surface area (Å²) in [4.78, 5) is 17.8. The lowest BCUT2D eigenvalue weighted by Gasteiger charge is -2.34. The van der Waals surface area contributed by atoms with E-state index in [0.717, 1.165) is 45.7 Å². The molecule has 0 unspecified atom stereocenters. The largest absolute Gasteiger partial charge is 0.491 e. The van der Waals surface area contributed by atoms with Crippen LogP contribution in [0, 0.1) is 0 Å². The number of rotatable bonds is 13. The van der Waals surface area contributed by atoms with Crippen LogP contribution in [-0.2, 0) is 4.74 Å². The Morgan fingerprint density at radius 3 is 2.03 bits per heavy atom. The molecule has 0 radical (unpaired) electrons. The van der Waals surface area contributed by atoms with Crippen LogP contribution in [0.4, 0.5) is 10.5 Å². The Kier molecular flexibility index (Phi) is 17.3. The maximum absolute atomic E-state index is 12.9. The standard InChI is InChI=1S/C27H45N3O3.2ClH/c1-2-3-4-5-14-21-32-26-16-9-8-15-25(26)28-27(31)33-24(22-29-17-10-6-11-18-29)23-30-19-12-7-13-20-30;;/h8-9,15-16,24H,2-7,10-14,17-23H2,1H3,(H,28,31);2*1H. The Balaban J connectivity index is 0.00000306. The molecule has 8 heteroatoms. The van der Waals surface area contributed by atoms with Crippen LogP contribution in [0.2, 0.25) is 0 Å². The number of likely N-dealkylation sites (tertiary alicyclic amines) is 2. The van der Waals surface area contributed by atoms with Gasteiger partial charge in [-0.2, -0.15) is 0 Å². The zero-order valence-electron chi connectivity index (χ0n) is 21.6. The van der Waals surface area contributed by atoms with E-state index < -0.39 is 0 Å². The molecule has 6 nitrogen and oxygen atoms in total. The fourth-order valence-corrected chi connectivity index (χ4v) is 4.87. The number of piperidine rings is 2. The summed E-state index contributed by atoms with van der Waals surface area (Å²) in [6, 6.07) is 7.67. The van der Waals surface area contributed by atoms with E-state index in [1.807, 2.05) is 24.3 Å². The van der Waals surface area contributed by atoms with Gasteiger partial charge in [-0.25, -0.2) is 4.79 Å². The van der Waals surface area contributed by atoms with Crippen LogP contribution in [-0.4, -0.2) is 67.9 Å². The van der Waals surface area contributed by atoms with Gasteiger partial charge in [0.1, 0.15) is 11.9 Å². The summed E-state index contributed by atoms with van der Waals surface area (Å²) in [6.45, 7) is 8.96. The van der Waals surface area contributed by atoms with E-state index in [0.29, 0.717) is 18.0 Å². The molecule has 2 heterocycles. The number of amides is 1. The van der Waals surface area contributed by atoms with Crippen LogP contribution in [0.1, 0.15) is 77.6 Å². The van der Waals surface area contributed by atoms with E-state index in [-0.39, 0.29) is 37.0 Å². The summed E-state index contributed by atoms with van der Waals surface area (Å²) in [5.74, 6) is 0.716. The van der Waals surface area contributed by atoms with Gasteiger partial charge in [0.2, 0.25) is 0 Å². The number of nitrogens with zero attached hydrogens (tertiary/aromatic N) is 2. The van der Waals surface area contributed by atoms with Gasteiger partial charge in [0, 0.05) is 13.1 Å². The topological polar surface area (TPSA) is 54.0 Å². The molecule has 0 saturated carbocycles. The Hall–Kier alpha value is -1.21. The third kappa shape index (κ3) is 12.5. The lowest BCUT2D eigenvalue weighted by molar-refractivity contribution is 0.0438. The van der Waals surface area contributed by atoms with E-state index >= 15 is 0 Å². The monoisotopic (exact) mass is 531 g/mol. The second-order valence-electron chi connectivity index (χ2n) is 9.63. The highest BCUT2D eigenvalue weighted by Gasteiger charge is 2.24. The van der Waals surface area contributed by atoms with Crippen molar-refractivity contribution in [2.45, 2.75) is 83.7 Å². The number of hydrogen-bond donors (Lipinski definition) is 1. The fourth-order valence-electron chi connectivity index (χ4n) is 4.87. The molecule has 1 N–H and O–H groups in total. The van der Waals surface area contributed by atoms with Crippen molar-refractivity contribution < 1.29 is 14.3 Å². The van der Waals surface area contributed by atoms with Crippen LogP contribution in [0.3, 0.4) is 0 Å². The molecule has 1 aromatic rings. The van der Waals surface area contributed by atoms with E-state index in [1.165, 1.54) is 64.2 Å². The average Bonchev–Trinajstić information content (AvgIpc) is 2.83. The predicted molar refractivity (Wildman–Crippen MR) is 150 cm³/mol. The van der Waals surface area contributed by atoms with Gasteiger partial charge in [-0.3, -0.25) is 15.1 Å². The van der Waals surface area contributed by atoms with Crippen LogP contribution in [0.15, 0.2) is 24.3 Å². The number of unbranched alkanes of at least 4 members (excludes halogenated alkanes) is 4.